The Hall–Kier alpha value is -1.05. The minimum Gasteiger partial charge on any atom is -0.481 e. The first-order valence-electron chi connectivity index (χ1n) is 16.3. The van der Waals surface area contributed by atoms with Crippen molar-refractivity contribution in [2.24, 2.45) is 5.92 Å². The standard InChI is InChI=1S/C34H65NO2/c1-4-5-6-7-8-9-10-11-12-13-14-15-16-17-18-21-24-28-33(30-27-32-35(2)3)29-25-22-19-20-23-26-31-34(36)37/h7,9,33H,4-6,10-32H2,1-3H3,(H,36,37). The van der Waals surface area contributed by atoms with Gasteiger partial charge in [-0.2, -0.15) is 0 Å². The van der Waals surface area contributed by atoms with Crippen molar-refractivity contribution in [3.05, 3.63) is 17.9 Å². The minimum absolute atomic E-state index is 0.337. The topological polar surface area (TPSA) is 40.5 Å². The third kappa shape index (κ3) is 31.1. The highest BCUT2D eigenvalue weighted by Gasteiger charge is 2.09. The van der Waals surface area contributed by atoms with E-state index in [1.807, 2.05) is 0 Å². The number of carboxylic acids is 1. The summed E-state index contributed by atoms with van der Waals surface area (Å²) in [5.41, 5.74) is 3.33. The number of hydrogen-bond donors (Lipinski definition) is 1. The molecule has 37 heavy (non-hydrogen) atoms. The number of carboxylic acid groups (broad SMARTS) is 1. The van der Waals surface area contributed by atoms with E-state index in [4.69, 9.17) is 5.11 Å². The Kier molecular flexibility index (Phi) is 28.7. The third-order valence-electron chi connectivity index (χ3n) is 7.62. The summed E-state index contributed by atoms with van der Waals surface area (Å²) in [5.74, 6) is 0.259. The molecule has 0 radical (unpaired) electrons. The molecule has 0 aromatic heterocycles. The van der Waals surface area contributed by atoms with E-state index in [1.165, 1.54) is 148 Å². The average Bonchev–Trinajstić information content (AvgIpc) is 2.86. The zero-order valence-corrected chi connectivity index (χ0v) is 25.4. The van der Waals surface area contributed by atoms with Crippen LogP contribution in [-0.4, -0.2) is 36.6 Å². The van der Waals surface area contributed by atoms with Gasteiger partial charge in [-0.3, -0.25) is 4.79 Å². The third-order valence-corrected chi connectivity index (χ3v) is 7.62. The smallest absolute Gasteiger partial charge is 0.303 e. The van der Waals surface area contributed by atoms with Gasteiger partial charge in [-0.25, -0.2) is 0 Å². The molecule has 0 aliphatic heterocycles. The van der Waals surface area contributed by atoms with Crippen molar-refractivity contribution in [1.29, 1.82) is 0 Å². The predicted octanol–water partition coefficient (Wildman–Crippen LogP) is 10.7. The summed E-state index contributed by atoms with van der Waals surface area (Å²) in [6.45, 7) is 3.46. The fourth-order valence-electron chi connectivity index (χ4n) is 5.20. The van der Waals surface area contributed by atoms with Crippen LogP contribution in [-0.2, 0) is 4.79 Å². The molecule has 1 unspecified atom stereocenters. The molecule has 0 fully saturated rings. The van der Waals surface area contributed by atoms with Crippen LogP contribution in [0.2, 0.25) is 0 Å². The Bertz CT molecular complexity index is 536. The molecule has 3 nitrogen and oxygen atoms in total. The number of allylic oxidation sites excluding steroid dienone is 1. The van der Waals surface area contributed by atoms with Crippen molar-refractivity contribution in [3.8, 4) is 0 Å². The van der Waals surface area contributed by atoms with E-state index >= 15 is 0 Å². The van der Waals surface area contributed by atoms with Gasteiger partial charge in [-0.05, 0) is 83.7 Å². The normalized spacial score (nSPS) is 12.0. The number of unbranched alkanes of at least 4 members (excludes halogenated alkanes) is 17. The number of rotatable bonds is 29. The number of hydrogen-bond acceptors (Lipinski definition) is 2. The van der Waals surface area contributed by atoms with Crippen molar-refractivity contribution in [3.63, 3.8) is 0 Å². The summed E-state index contributed by atoms with van der Waals surface area (Å²) in [4.78, 5) is 12.9. The van der Waals surface area contributed by atoms with Crippen LogP contribution in [0.25, 0.3) is 0 Å². The van der Waals surface area contributed by atoms with E-state index in [0.717, 1.165) is 18.8 Å². The highest BCUT2D eigenvalue weighted by Crippen LogP contribution is 2.23. The molecule has 0 aromatic carbocycles. The van der Waals surface area contributed by atoms with Gasteiger partial charge in [-0.1, -0.05) is 116 Å². The van der Waals surface area contributed by atoms with Gasteiger partial charge in [0.2, 0.25) is 0 Å². The van der Waals surface area contributed by atoms with Crippen molar-refractivity contribution < 1.29 is 9.90 Å². The Morgan fingerprint density at radius 2 is 1.08 bits per heavy atom. The van der Waals surface area contributed by atoms with E-state index in [-0.39, 0.29) is 0 Å². The second kappa shape index (κ2) is 29.5. The van der Waals surface area contributed by atoms with Crippen LogP contribution in [0.3, 0.4) is 0 Å². The fourth-order valence-corrected chi connectivity index (χ4v) is 5.20. The first-order valence-corrected chi connectivity index (χ1v) is 16.3. The summed E-state index contributed by atoms with van der Waals surface area (Å²) in [6, 6.07) is 0. The van der Waals surface area contributed by atoms with Gasteiger partial charge in [0.15, 0.2) is 0 Å². The van der Waals surface area contributed by atoms with Crippen LogP contribution in [0.1, 0.15) is 167 Å². The number of carbonyl (C=O) groups is 1. The molecule has 0 amide bonds. The van der Waals surface area contributed by atoms with Crippen molar-refractivity contribution in [1.82, 2.24) is 4.90 Å². The van der Waals surface area contributed by atoms with Gasteiger partial charge < -0.3 is 10.0 Å². The minimum atomic E-state index is -0.652. The number of aliphatic carboxylic acids is 1. The van der Waals surface area contributed by atoms with E-state index < -0.39 is 5.97 Å². The lowest BCUT2D eigenvalue weighted by atomic mass is 9.90. The molecule has 0 aliphatic carbocycles. The first kappa shape index (κ1) is 35.9. The highest BCUT2D eigenvalue weighted by molar-refractivity contribution is 5.66. The Labute approximate surface area is 232 Å². The van der Waals surface area contributed by atoms with Gasteiger partial charge in [0.1, 0.15) is 0 Å². The molecule has 218 valence electrons. The quantitative estimate of drug-likeness (QED) is 0.0789. The molecule has 0 spiro atoms. The highest BCUT2D eigenvalue weighted by atomic mass is 16.4. The number of nitrogens with zero attached hydrogens (tertiary/aromatic N) is 1. The molecule has 0 saturated heterocycles. The molecule has 0 rings (SSSR count). The summed E-state index contributed by atoms with van der Waals surface area (Å²) in [6.07, 6.45) is 36.4. The van der Waals surface area contributed by atoms with Gasteiger partial charge in [-0.15, -0.1) is 5.73 Å². The van der Waals surface area contributed by atoms with Crippen LogP contribution < -0.4 is 0 Å². The molecule has 1 N–H and O–H groups in total. The monoisotopic (exact) mass is 520 g/mol. The lowest BCUT2D eigenvalue weighted by molar-refractivity contribution is -0.137. The second-order valence-electron chi connectivity index (χ2n) is 11.7. The van der Waals surface area contributed by atoms with E-state index in [9.17, 15) is 4.79 Å². The zero-order valence-electron chi connectivity index (χ0n) is 25.4. The van der Waals surface area contributed by atoms with Crippen LogP contribution in [0.4, 0.5) is 0 Å². The van der Waals surface area contributed by atoms with Crippen molar-refractivity contribution >= 4 is 5.97 Å². The zero-order chi connectivity index (χ0) is 27.2. The molecule has 0 bridgehead atoms. The lowest BCUT2D eigenvalue weighted by Crippen LogP contribution is -2.14. The first-order chi connectivity index (χ1) is 18.1. The summed E-state index contributed by atoms with van der Waals surface area (Å²) in [5, 5.41) is 8.73. The fraction of sp³-hybridized carbons (Fsp3) is 0.882. The largest absolute Gasteiger partial charge is 0.481 e. The maximum absolute atomic E-state index is 10.6. The maximum Gasteiger partial charge on any atom is 0.303 e. The summed E-state index contributed by atoms with van der Waals surface area (Å²) < 4.78 is 0. The summed E-state index contributed by atoms with van der Waals surface area (Å²) in [7, 11) is 4.37. The van der Waals surface area contributed by atoms with Gasteiger partial charge >= 0.3 is 5.97 Å². The summed E-state index contributed by atoms with van der Waals surface area (Å²) >= 11 is 0. The van der Waals surface area contributed by atoms with Crippen LogP contribution in [0.5, 0.6) is 0 Å². The molecule has 0 aromatic rings. The molecule has 1 atom stereocenters. The molecule has 0 aliphatic rings. The Morgan fingerprint density at radius 3 is 1.57 bits per heavy atom. The molecule has 0 heterocycles. The van der Waals surface area contributed by atoms with Gasteiger partial charge in [0.05, 0.1) is 0 Å². The molecular weight excluding hydrogens is 454 g/mol. The van der Waals surface area contributed by atoms with Gasteiger partial charge in [0, 0.05) is 6.42 Å². The SMILES string of the molecule is CCCCC=C=CCCCCCCCCCCCCC(CCCCCCCCC(=O)O)CCCN(C)C. The molecule has 0 saturated carbocycles. The average molecular weight is 520 g/mol. The van der Waals surface area contributed by atoms with Crippen LogP contribution in [0, 0.1) is 5.92 Å². The van der Waals surface area contributed by atoms with Crippen LogP contribution in [0.15, 0.2) is 17.9 Å². The van der Waals surface area contributed by atoms with E-state index in [1.54, 1.807) is 0 Å². The van der Waals surface area contributed by atoms with Crippen molar-refractivity contribution in [2.75, 3.05) is 20.6 Å². The predicted molar refractivity (Wildman–Crippen MR) is 163 cm³/mol. The van der Waals surface area contributed by atoms with Gasteiger partial charge in [0.25, 0.3) is 0 Å². The second-order valence-corrected chi connectivity index (χ2v) is 11.7. The Morgan fingerprint density at radius 1 is 0.649 bits per heavy atom. The molecular formula is C34H65NO2. The molecule has 3 heteroatoms. The van der Waals surface area contributed by atoms with Crippen molar-refractivity contribution in [2.45, 2.75) is 167 Å². The maximum atomic E-state index is 10.6. The Balaban J connectivity index is 3.69. The van der Waals surface area contributed by atoms with E-state index in [0.29, 0.717) is 6.42 Å². The lowest BCUT2D eigenvalue weighted by Gasteiger charge is -2.18. The van der Waals surface area contributed by atoms with Crippen LogP contribution >= 0.6 is 0 Å². The van der Waals surface area contributed by atoms with E-state index in [2.05, 4.69) is 43.8 Å².